The molecule has 5 rings (SSSR count). The van der Waals surface area contributed by atoms with E-state index < -0.39 is 18.0 Å². The number of aromatic nitrogens is 2. The van der Waals surface area contributed by atoms with Gasteiger partial charge in [-0.15, -0.1) is 0 Å². The highest BCUT2D eigenvalue weighted by Crippen LogP contribution is 2.55. The number of fused-ring (bicyclic) bond motifs is 3. The van der Waals surface area contributed by atoms with E-state index in [1.54, 1.807) is 0 Å². The van der Waals surface area contributed by atoms with Crippen LogP contribution in [0.3, 0.4) is 0 Å². The molecule has 0 N–H and O–H groups in total. The lowest BCUT2D eigenvalue weighted by molar-refractivity contribution is -0.136. The molecule has 2 unspecified atom stereocenters. The molecule has 1 aromatic heterocycles. The predicted octanol–water partition coefficient (Wildman–Crippen LogP) is 5.96. The molecular weight excluding hydrogens is 427 g/mol. The van der Waals surface area contributed by atoms with Gasteiger partial charge in [-0.25, -0.2) is 4.98 Å². The molecule has 1 saturated carbocycles. The molecule has 2 aliphatic carbocycles. The smallest absolute Gasteiger partial charge is 0.330 e. The maximum absolute atomic E-state index is 13.9. The van der Waals surface area contributed by atoms with E-state index in [0.29, 0.717) is 24.9 Å². The Morgan fingerprint density at radius 3 is 2.52 bits per heavy atom. The Labute approximate surface area is 193 Å². The Bertz CT molecular complexity index is 1050. The van der Waals surface area contributed by atoms with Crippen LogP contribution in [0.4, 0.5) is 18.9 Å². The number of hydrogen-bond donors (Lipinski definition) is 0. The number of anilines is 1. The molecule has 1 aromatic carbocycles. The van der Waals surface area contributed by atoms with Gasteiger partial charge >= 0.3 is 6.18 Å². The average Bonchev–Trinajstić information content (AvgIpc) is 3.35. The summed E-state index contributed by atoms with van der Waals surface area (Å²) in [6, 6.07) is 8.05. The number of carbonyl (C=O) groups is 1. The van der Waals surface area contributed by atoms with Crippen molar-refractivity contribution in [1.82, 2.24) is 9.55 Å². The summed E-state index contributed by atoms with van der Waals surface area (Å²) in [7, 11) is 0. The van der Waals surface area contributed by atoms with Crippen molar-refractivity contribution >= 4 is 11.6 Å². The van der Waals surface area contributed by atoms with Crippen LogP contribution in [-0.4, -0.2) is 21.6 Å². The number of hydrogen-bond acceptors (Lipinski definition) is 2. The van der Waals surface area contributed by atoms with Crippen molar-refractivity contribution in [3.8, 4) is 0 Å². The van der Waals surface area contributed by atoms with Crippen molar-refractivity contribution in [1.29, 1.82) is 0 Å². The Balaban J connectivity index is 1.48. The number of para-hydroxylation sites is 1. The molecule has 1 spiro atoms. The van der Waals surface area contributed by atoms with Crippen molar-refractivity contribution in [2.24, 2.45) is 11.8 Å². The van der Waals surface area contributed by atoms with Gasteiger partial charge in [-0.3, -0.25) is 4.79 Å². The first-order valence-electron chi connectivity index (χ1n) is 12.2. The Hall–Kier alpha value is -2.31. The van der Waals surface area contributed by atoms with Crippen LogP contribution in [0.5, 0.6) is 0 Å². The van der Waals surface area contributed by atoms with Crippen molar-refractivity contribution < 1.29 is 18.0 Å². The van der Waals surface area contributed by atoms with Gasteiger partial charge in [-0.05, 0) is 68.4 Å². The minimum absolute atomic E-state index is 0.0306. The monoisotopic (exact) mass is 459 g/mol. The molecule has 0 radical (unpaired) electrons. The summed E-state index contributed by atoms with van der Waals surface area (Å²) in [4.78, 5) is 20.6. The molecule has 3 aliphatic rings. The van der Waals surface area contributed by atoms with Crippen molar-refractivity contribution in [2.75, 3.05) is 4.90 Å². The number of aryl methyl sites for hydroxylation is 1. The van der Waals surface area contributed by atoms with Crippen LogP contribution in [0.1, 0.15) is 75.1 Å². The zero-order valence-corrected chi connectivity index (χ0v) is 19.4. The molecule has 1 amide bonds. The van der Waals surface area contributed by atoms with Crippen LogP contribution in [0.25, 0.3) is 0 Å². The quantitative estimate of drug-likeness (QED) is 0.554. The fourth-order valence-corrected chi connectivity index (χ4v) is 6.35. The number of halogens is 3. The van der Waals surface area contributed by atoms with E-state index in [-0.39, 0.29) is 12.3 Å². The normalized spacial score (nSPS) is 26.8. The van der Waals surface area contributed by atoms with Gasteiger partial charge in [0.05, 0.1) is 17.7 Å². The van der Waals surface area contributed by atoms with Crippen LogP contribution in [-0.2, 0) is 36.1 Å². The lowest BCUT2D eigenvalue weighted by Gasteiger charge is -2.24. The minimum atomic E-state index is -4.16. The van der Waals surface area contributed by atoms with E-state index in [1.807, 2.05) is 27.7 Å². The minimum Gasteiger partial charge on any atom is -0.330 e. The zero-order chi connectivity index (χ0) is 23.4. The SMILES string of the molecule is CC1CC2(C[C@H]1C)C(=O)N(Cc1nc3c(n1CCCC(F)(F)F)CCCC3)c1ccccc12. The molecular formula is C26H32F3N3O. The second-order valence-electron chi connectivity index (χ2n) is 10.4. The van der Waals surface area contributed by atoms with Crippen LogP contribution in [0.15, 0.2) is 24.3 Å². The van der Waals surface area contributed by atoms with Gasteiger partial charge in [-0.1, -0.05) is 32.0 Å². The topological polar surface area (TPSA) is 38.1 Å². The molecule has 1 aliphatic heterocycles. The summed E-state index contributed by atoms with van der Waals surface area (Å²) in [5, 5.41) is 0. The third-order valence-corrected chi connectivity index (χ3v) is 8.13. The highest BCUT2D eigenvalue weighted by molar-refractivity contribution is 6.08. The highest BCUT2D eigenvalue weighted by Gasteiger charge is 2.55. The number of amides is 1. The summed E-state index contributed by atoms with van der Waals surface area (Å²) in [6.07, 6.45) is 0.543. The van der Waals surface area contributed by atoms with E-state index in [2.05, 4.69) is 19.9 Å². The van der Waals surface area contributed by atoms with Crippen LogP contribution < -0.4 is 4.90 Å². The van der Waals surface area contributed by atoms with Crippen LogP contribution in [0, 0.1) is 11.8 Å². The first-order valence-corrected chi connectivity index (χ1v) is 12.2. The lowest BCUT2D eigenvalue weighted by atomic mass is 9.79. The summed E-state index contributed by atoms with van der Waals surface area (Å²) >= 11 is 0. The number of carbonyl (C=O) groups excluding carboxylic acids is 1. The third-order valence-electron chi connectivity index (χ3n) is 8.13. The van der Waals surface area contributed by atoms with E-state index in [0.717, 1.165) is 67.0 Å². The number of nitrogens with zero attached hydrogens (tertiary/aromatic N) is 3. The molecule has 1 fully saturated rings. The fraction of sp³-hybridized carbons (Fsp3) is 0.615. The molecule has 4 nitrogen and oxygen atoms in total. The van der Waals surface area contributed by atoms with Gasteiger partial charge in [-0.2, -0.15) is 13.2 Å². The highest BCUT2D eigenvalue weighted by atomic mass is 19.4. The maximum atomic E-state index is 13.9. The molecule has 178 valence electrons. The van der Waals surface area contributed by atoms with Crippen molar-refractivity contribution in [2.45, 2.75) is 89.9 Å². The second kappa shape index (κ2) is 8.17. The number of alkyl halides is 3. The standard InChI is InChI=1S/C26H32F3N3O/c1-17-14-25(15-18(17)2)19-8-3-5-10-21(19)32(24(25)33)16-23-30-20-9-4-6-11-22(20)31(23)13-7-12-26(27,28)29/h3,5,8,10,17-18H,4,6-7,9,11-16H2,1-2H3/t17-,18?,25?/m1/s1. The summed E-state index contributed by atoms with van der Waals surface area (Å²) in [6.45, 7) is 5.05. The van der Waals surface area contributed by atoms with Crippen molar-refractivity contribution in [3.05, 3.63) is 47.0 Å². The van der Waals surface area contributed by atoms with E-state index >= 15 is 0 Å². The largest absolute Gasteiger partial charge is 0.389 e. The summed E-state index contributed by atoms with van der Waals surface area (Å²) in [5.41, 5.74) is 3.62. The van der Waals surface area contributed by atoms with Crippen molar-refractivity contribution in [3.63, 3.8) is 0 Å². The van der Waals surface area contributed by atoms with Gasteiger partial charge in [0, 0.05) is 24.3 Å². The maximum Gasteiger partial charge on any atom is 0.389 e. The molecule has 0 bridgehead atoms. The molecule has 0 saturated heterocycles. The third kappa shape index (κ3) is 3.87. The molecule has 33 heavy (non-hydrogen) atoms. The lowest BCUT2D eigenvalue weighted by Crippen LogP contribution is -2.39. The summed E-state index contributed by atoms with van der Waals surface area (Å²) in [5.74, 6) is 1.79. The zero-order valence-electron chi connectivity index (χ0n) is 19.4. The fourth-order valence-electron chi connectivity index (χ4n) is 6.35. The van der Waals surface area contributed by atoms with Gasteiger partial charge in [0.15, 0.2) is 0 Å². The van der Waals surface area contributed by atoms with E-state index in [1.165, 1.54) is 0 Å². The Morgan fingerprint density at radius 2 is 1.79 bits per heavy atom. The predicted molar refractivity (Wildman–Crippen MR) is 121 cm³/mol. The van der Waals surface area contributed by atoms with Crippen LogP contribution in [0.2, 0.25) is 0 Å². The van der Waals surface area contributed by atoms with Gasteiger partial charge in [0.25, 0.3) is 0 Å². The molecule has 7 heteroatoms. The molecule has 2 aromatic rings. The molecule has 2 heterocycles. The summed E-state index contributed by atoms with van der Waals surface area (Å²) < 4.78 is 40.5. The Morgan fingerprint density at radius 1 is 1.09 bits per heavy atom. The number of imidazole rings is 1. The first kappa shape index (κ1) is 22.5. The van der Waals surface area contributed by atoms with E-state index in [9.17, 15) is 18.0 Å². The second-order valence-corrected chi connectivity index (χ2v) is 10.4. The van der Waals surface area contributed by atoms with Gasteiger partial charge in [0.2, 0.25) is 5.91 Å². The number of benzene rings is 1. The number of rotatable bonds is 5. The van der Waals surface area contributed by atoms with Gasteiger partial charge < -0.3 is 9.47 Å². The Kier molecular flexibility index (Phi) is 5.57. The average molecular weight is 460 g/mol. The first-order chi connectivity index (χ1) is 15.7. The molecule has 3 atom stereocenters. The van der Waals surface area contributed by atoms with Gasteiger partial charge in [0.1, 0.15) is 5.82 Å². The van der Waals surface area contributed by atoms with Crippen LogP contribution >= 0.6 is 0 Å². The van der Waals surface area contributed by atoms with E-state index in [4.69, 9.17) is 4.98 Å².